The molecular formula is C29H28N4O3. The molecule has 0 saturated carbocycles. The lowest BCUT2D eigenvalue weighted by molar-refractivity contribution is -0.153. The van der Waals surface area contributed by atoms with E-state index in [1.54, 1.807) is 23.2 Å². The monoisotopic (exact) mass is 480 g/mol. The second-order valence-corrected chi connectivity index (χ2v) is 8.99. The Balaban J connectivity index is 1.67. The van der Waals surface area contributed by atoms with Crippen molar-refractivity contribution in [2.75, 3.05) is 13.7 Å². The number of hydrazine groups is 1. The van der Waals surface area contributed by atoms with E-state index in [2.05, 4.69) is 35.8 Å². The smallest absolute Gasteiger partial charge is 0.277 e. The van der Waals surface area contributed by atoms with Gasteiger partial charge in [-0.05, 0) is 53.3 Å². The number of amides is 1. The summed E-state index contributed by atoms with van der Waals surface area (Å²) < 4.78 is 0. The van der Waals surface area contributed by atoms with Crippen LogP contribution < -0.4 is 0 Å². The topological polar surface area (TPSA) is 77.0 Å². The molecule has 1 saturated heterocycles. The zero-order chi connectivity index (χ0) is 25.2. The summed E-state index contributed by atoms with van der Waals surface area (Å²) in [6.45, 7) is 3.97. The molecule has 1 aliphatic heterocycles. The lowest BCUT2D eigenvalue weighted by Gasteiger charge is -2.47. The van der Waals surface area contributed by atoms with E-state index >= 15 is 0 Å². The first-order chi connectivity index (χ1) is 17.5. The molecule has 0 unspecified atom stereocenters. The van der Waals surface area contributed by atoms with E-state index in [1.807, 2.05) is 47.5 Å². The number of hydrogen-bond acceptors (Lipinski definition) is 6. The number of rotatable bonds is 5. The summed E-state index contributed by atoms with van der Waals surface area (Å²) in [4.78, 5) is 32.1. The number of fused-ring (bicyclic) bond motifs is 2. The number of nitrogens with zero attached hydrogens (tertiary/aromatic N) is 4. The van der Waals surface area contributed by atoms with Gasteiger partial charge in [-0.15, -0.1) is 0 Å². The Morgan fingerprint density at radius 1 is 1.03 bits per heavy atom. The van der Waals surface area contributed by atoms with Crippen molar-refractivity contribution in [3.8, 4) is 0 Å². The molecule has 2 aliphatic rings. The van der Waals surface area contributed by atoms with Crippen LogP contribution in [-0.2, 0) is 29.0 Å². The largest absolute Gasteiger partial charge is 0.503 e. The Hall–Kier alpha value is -4.23. The quantitative estimate of drug-likeness (QED) is 0.440. The second-order valence-electron chi connectivity index (χ2n) is 8.99. The normalized spacial score (nSPS) is 17.8. The Labute approximate surface area is 210 Å². The molecule has 0 bridgehead atoms. The fourth-order valence-electron chi connectivity index (χ4n) is 5.10. The van der Waals surface area contributed by atoms with E-state index in [4.69, 9.17) is 0 Å². The van der Waals surface area contributed by atoms with Gasteiger partial charge in [-0.25, -0.2) is 0 Å². The Bertz CT molecular complexity index is 1300. The van der Waals surface area contributed by atoms with E-state index in [0.29, 0.717) is 5.69 Å². The van der Waals surface area contributed by atoms with Gasteiger partial charge in [0, 0.05) is 13.2 Å². The summed E-state index contributed by atoms with van der Waals surface area (Å²) in [5, 5.41) is 14.5. The van der Waals surface area contributed by atoms with Crippen LogP contribution in [0, 0.1) is 0 Å². The van der Waals surface area contributed by atoms with Crippen LogP contribution >= 0.6 is 0 Å². The first-order valence-electron chi connectivity index (χ1n) is 11.9. The Kier molecular flexibility index (Phi) is 6.40. The summed E-state index contributed by atoms with van der Waals surface area (Å²) in [5.74, 6) is -1.77. The summed E-state index contributed by atoms with van der Waals surface area (Å²) in [6, 6.07) is 22.0. The van der Waals surface area contributed by atoms with Crippen LogP contribution in [0.25, 0.3) is 0 Å². The van der Waals surface area contributed by atoms with Crippen LogP contribution in [0.5, 0.6) is 0 Å². The van der Waals surface area contributed by atoms with Crippen molar-refractivity contribution in [1.29, 1.82) is 0 Å². The molecule has 1 amide bonds. The predicted octanol–water partition coefficient (Wildman–Crippen LogP) is 3.94. The number of aryl methyl sites for hydroxylation is 2. The minimum atomic E-state index is -0.702. The molecule has 1 fully saturated rings. The van der Waals surface area contributed by atoms with Crippen LogP contribution in [0.15, 0.2) is 97.0 Å². The molecule has 182 valence electrons. The maximum absolute atomic E-state index is 13.6. The van der Waals surface area contributed by atoms with Gasteiger partial charge in [0.1, 0.15) is 0 Å². The van der Waals surface area contributed by atoms with Crippen LogP contribution in [0.2, 0.25) is 0 Å². The molecule has 0 atom stereocenters. The number of carbonyl (C=O) groups excluding carboxylic acids is 2. The number of aliphatic hydroxyl groups is 1. The lowest BCUT2D eigenvalue weighted by Crippen LogP contribution is -2.58. The number of aliphatic hydroxyl groups excluding tert-OH is 1. The van der Waals surface area contributed by atoms with Crippen molar-refractivity contribution in [2.24, 2.45) is 0 Å². The van der Waals surface area contributed by atoms with Gasteiger partial charge < -0.3 is 10.0 Å². The molecule has 3 aromatic rings. The Morgan fingerprint density at radius 2 is 1.64 bits per heavy atom. The number of benzene rings is 2. The van der Waals surface area contributed by atoms with Gasteiger partial charge in [0.2, 0.25) is 5.78 Å². The predicted molar refractivity (Wildman–Crippen MR) is 136 cm³/mol. The van der Waals surface area contributed by atoms with Crippen molar-refractivity contribution in [2.45, 2.75) is 25.4 Å². The summed E-state index contributed by atoms with van der Waals surface area (Å²) >= 11 is 0. The number of likely N-dealkylation sites (N-methyl/N-ethyl adjacent to an activating group) is 1. The summed E-state index contributed by atoms with van der Waals surface area (Å²) in [6.07, 6.45) is 4.50. The fourth-order valence-corrected chi connectivity index (χ4v) is 5.10. The number of ketones is 1. The highest BCUT2D eigenvalue weighted by Gasteiger charge is 2.41. The molecule has 2 aromatic carbocycles. The molecule has 5 rings (SSSR count). The van der Waals surface area contributed by atoms with Gasteiger partial charge in [0.05, 0.1) is 24.9 Å². The van der Waals surface area contributed by atoms with Crippen molar-refractivity contribution in [3.63, 3.8) is 0 Å². The van der Waals surface area contributed by atoms with Crippen LogP contribution in [-0.4, -0.2) is 50.4 Å². The van der Waals surface area contributed by atoms with Gasteiger partial charge in [0.15, 0.2) is 11.5 Å². The maximum atomic E-state index is 13.6. The summed E-state index contributed by atoms with van der Waals surface area (Å²) in [5.41, 5.74) is 5.37. The van der Waals surface area contributed by atoms with Gasteiger partial charge in [-0.2, -0.15) is 5.01 Å². The SMILES string of the molecule is C=CC(=O)/C(O)=C1/C(=O)N(Cc2ccccn2)CN(C2c3ccccc3CCc3ccccc32)N1C. The minimum Gasteiger partial charge on any atom is -0.503 e. The third-order valence-electron chi connectivity index (χ3n) is 6.90. The first-order valence-corrected chi connectivity index (χ1v) is 11.9. The van der Waals surface area contributed by atoms with Gasteiger partial charge in [-0.3, -0.25) is 19.6 Å². The van der Waals surface area contributed by atoms with E-state index < -0.39 is 17.4 Å². The molecule has 1 N–H and O–H groups in total. The second kappa shape index (κ2) is 9.79. The molecule has 0 radical (unpaired) electrons. The lowest BCUT2D eigenvalue weighted by atomic mass is 9.94. The van der Waals surface area contributed by atoms with Crippen LogP contribution in [0.3, 0.4) is 0 Å². The standard InChI is InChI=1S/C29H28N4O3/c1-3-25(34)28(35)27-29(36)32(18-22-12-8-9-17-30-22)19-33(31(27)2)26-23-13-6-4-10-20(23)15-16-21-11-5-7-14-24(21)26/h3-14,17,26,35H,1,15-16,18-19H2,2H3/b28-27+. The molecule has 0 spiro atoms. The molecule has 7 heteroatoms. The zero-order valence-corrected chi connectivity index (χ0v) is 20.2. The number of hydrogen-bond donors (Lipinski definition) is 1. The highest BCUT2D eigenvalue weighted by atomic mass is 16.3. The molecule has 1 aromatic heterocycles. The zero-order valence-electron chi connectivity index (χ0n) is 20.2. The molecular weight excluding hydrogens is 452 g/mol. The number of carbonyl (C=O) groups is 2. The Morgan fingerprint density at radius 3 is 2.22 bits per heavy atom. The van der Waals surface area contributed by atoms with Gasteiger partial charge in [-0.1, -0.05) is 61.2 Å². The molecule has 2 heterocycles. The van der Waals surface area contributed by atoms with Gasteiger partial charge in [0.25, 0.3) is 5.91 Å². The third-order valence-corrected chi connectivity index (χ3v) is 6.90. The van der Waals surface area contributed by atoms with Crippen molar-refractivity contribution in [1.82, 2.24) is 19.9 Å². The molecule has 1 aliphatic carbocycles. The summed E-state index contributed by atoms with van der Waals surface area (Å²) in [7, 11) is 1.72. The minimum absolute atomic E-state index is 0.0821. The van der Waals surface area contributed by atoms with E-state index in [9.17, 15) is 14.7 Å². The fraction of sp³-hybridized carbons (Fsp3) is 0.207. The number of pyridine rings is 1. The van der Waals surface area contributed by atoms with Crippen molar-refractivity contribution in [3.05, 3.63) is 125 Å². The van der Waals surface area contributed by atoms with Crippen LogP contribution in [0.1, 0.15) is 34.0 Å². The van der Waals surface area contributed by atoms with Crippen LogP contribution in [0.4, 0.5) is 0 Å². The molecule has 36 heavy (non-hydrogen) atoms. The maximum Gasteiger partial charge on any atom is 0.277 e. The average molecular weight is 481 g/mol. The number of aromatic nitrogens is 1. The average Bonchev–Trinajstić information content (AvgIpc) is 3.07. The van der Waals surface area contributed by atoms with Crippen molar-refractivity contribution < 1.29 is 14.7 Å². The van der Waals surface area contributed by atoms with Crippen molar-refractivity contribution >= 4 is 11.7 Å². The van der Waals surface area contributed by atoms with E-state index in [0.717, 1.165) is 30.0 Å². The third kappa shape index (κ3) is 4.18. The highest BCUT2D eigenvalue weighted by Crippen LogP contribution is 2.40. The first kappa shape index (κ1) is 23.5. The number of allylic oxidation sites excluding steroid dienone is 1. The van der Waals surface area contributed by atoms with Gasteiger partial charge >= 0.3 is 0 Å². The highest BCUT2D eigenvalue weighted by molar-refractivity contribution is 6.08. The van der Waals surface area contributed by atoms with E-state index in [-0.39, 0.29) is 25.0 Å². The van der Waals surface area contributed by atoms with E-state index in [1.165, 1.54) is 11.1 Å². The molecule has 7 nitrogen and oxygen atoms in total.